The first-order valence-electron chi connectivity index (χ1n) is 6.04. The number of methoxy groups -OCH3 is 1. The number of nitrogens with one attached hydrogen (secondary N) is 2. The van der Waals surface area contributed by atoms with Crippen LogP contribution in [0.15, 0.2) is 27.4 Å². The molecule has 20 heavy (non-hydrogen) atoms. The Morgan fingerprint density at radius 3 is 2.90 bits per heavy atom. The Bertz CT molecular complexity index is 685. The number of carbonyl (C=O) groups is 2. The van der Waals surface area contributed by atoms with Gasteiger partial charge in [-0.1, -0.05) is 6.07 Å². The van der Waals surface area contributed by atoms with Crippen molar-refractivity contribution in [1.82, 2.24) is 10.3 Å². The Balaban J connectivity index is 1.90. The number of fused-ring (bicyclic) bond motifs is 1. The predicted molar refractivity (Wildman–Crippen MR) is 69.9 cm³/mol. The van der Waals surface area contributed by atoms with E-state index in [2.05, 4.69) is 15.0 Å². The number of benzene rings is 1. The minimum Gasteiger partial charge on any atom is -0.469 e. The van der Waals surface area contributed by atoms with E-state index in [9.17, 15) is 14.4 Å². The lowest BCUT2D eigenvalue weighted by Gasteiger charge is -2.04. The molecule has 2 N–H and O–H groups in total. The van der Waals surface area contributed by atoms with Crippen molar-refractivity contribution in [1.29, 1.82) is 0 Å². The number of aromatic nitrogens is 1. The smallest absolute Gasteiger partial charge is 0.417 e. The van der Waals surface area contributed by atoms with Crippen LogP contribution in [-0.4, -0.2) is 24.0 Å². The molecular formula is C13H14N2O5. The van der Waals surface area contributed by atoms with Crippen LogP contribution in [0.5, 0.6) is 0 Å². The molecule has 1 aromatic heterocycles. The number of H-pyrrole nitrogens is 1. The van der Waals surface area contributed by atoms with Gasteiger partial charge in [0, 0.05) is 13.0 Å². The second kappa shape index (κ2) is 6.05. The van der Waals surface area contributed by atoms with E-state index in [1.807, 2.05) is 0 Å². The summed E-state index contributed by atoms with van der Waals surface area (Å²) in [5.41, 5.74) is 1.85. The molecule has 106 valence electrons. The van der Waals surface area contributed by atoms with Crippen molar-refractivity contribution in [2.45, 2.75) is 19.4 Å². The van der Waals surface area contributed by atoms with Gasteiger partial charge in [0.25, 0.3) is 0 Å². The number of hydrogen-bond acceptors (Lipinski definition) is 5. The van der Waals surface area contributed by atoms with Gasteiger partial charge in [0.05, 0.1) is 19.0 Å². The molecule has 0 radical (unpaired) electrons. The van der Waals surface area contributed by atoms with Gasteiger partial charge in [-0.05, 0) is 17.7 Å². The molecule has 0 unspecified atom stereocenters. The third-order valence-corrected chi connectivity index (χ3v) is 2.76. The summed E-state index contributed by atoms with van der Waals surface area (Å²) >= 11 is 0. The minimum atomic E-state index is -0.515. The number of esters is 1. The molecule has 1 aromatic carbocycles. The molecule has 0 saturated heterocycles. The molecule has 0 saturated carbocycles. The van der Waals surface area contributed by atoms with E-state index < -0.39 is 11.7 Å². The molecule has 2 rings (SSSR count). The fourth-order valence-electron chi connectivity index (χ4n) is 1.71. The van der Waals surface area contributed by atoms with Crippen molar-refractivity contribution in [3.05, 3.63) is 34.3 Å². The van der Waals surface area contributed by atoms with Gasteiger partial charge < -0.3 is 14.5 Å². The van der Waals surface area contributed by atoms with Gasteiger partial charge in [0.2, 0.25) is 5.91 Å². The standard InChI is InChI=1S/C13H14N2O5/c1-19-12(17)5-4-11(16)14-7-8-2-3-9-10(6-8)20-13(18)15-9/h2-3,6H,4-5,7H2,1H3,(H,14,16)(H,15,18). The average molecular weight is 278 g/mol. The Hall–Kier alpha value is -2.57. The molecule has 0 aliphatic carbocycles. The Labute approximate surface area is 113 Å². The van der Waals surface area contributed by atoms with Crippen molar-refractivity contribution in [2.75, 3.05) is 7.11 Å². The SMILES string of the molecule is COC(=O)CCC(=O)NCc1ccc2[nH]c(=O)oc2c1. The van der Waals surface area contributed by atoms with Crippen molar-refractivity contribution < 1.29 is 18.7 Å². The van der Waals surface area contributed by atoms with Crippen molar-refractivity contribution in [2.24, 2.45) is 0 Å². The molecule has 0 aliphatic heterocycles. The molecule has 0 atom stereocenters. The van der Waals surface area contributed by atoms with Gasteiger partial charge in [-0.25, -0.2) is 4.79 Å². The summed E-state index contributed by atoms with van der Waals surface area (Å²) in [6, 6.07) is 5.15. The van der Waals surface area contributed by atoms with E-state index in [1.165, 1.54) is 7.11 Å². The van der Waals surface area contributed by atoms with E-state index in [0.717, 1.165) is 5.56 Å². The number of oxazole rings is 1. The van der Waals surface area contributed by atoms with Crippen LogP contribution < -0.4 is 11.1 Å². The lowest BCUT2D eigenvalue weighted by molar-refractivity contribution is -0.142. The molecule has 0 fully saturated rings. The van der Waals surface area contributed by atoms with E-state index >= 15 is 0 Å². The van der Waals surface area contributed by atoms with Crippen LogP contribution in [-0.2, 0) is 20.9 Å². The summed E-state index contributed by atoms with van der Waals surface area (Å²) in [6.07, 6.45) is 0.127. The number of aromatic amines is 1. The molecular weight excluding hydrogens is 264 g/mol. The maximum Gasteiger partial charge on any atom is 0.417 e. The fourth-order valence-corrected chi connectivity index (χ4v) is 1.71. The zero-order valence-corrected chi connectivity index (χ0v) is 10.9. The van der Waals surface area contributed by atoms with Gasteiger partial charge in [-0.15, -0.1) is 0 Å². The molecule has 7 nitrogen and oxygen atoms in total. The van der Waals surface area contributed by atoms with Gasteiger partial charge >= 0.3 is 11.7 Å². The Morgan fingerprint density at radius 2 is 2.15 bits per heavy atom. The summed E-state index contributed by atoms with van der Waals surface area (Å²) in [5.74, 6) is -1.18. The number of amides is 1. The van der Waals surface area contributed by atoms with Crippen LogP contribution in [0.3, 0.4) is 0 Å². The van der Waals surface area contributed by atoms with Gasteiger partial charge in [-0.2, -0.15) is 0 Å². The fraction of sp³-hybridized carbons (Fsp3) is 0.308. The molecule has 0 aliphatic rings. The zero-order valence-electron chi connectivity index (χ0n) is 10.9. The summed E-state index contributed by atoms with van der Waals surface area (Å²) in [7, 11) is 1.28. The lowest BCUT2D eigenvalue weighted by atomic mass is 10.2. The number of hydrogen-bond donors (Lipinski definition) is 2. The van der Waals surface area contributed by atoms with Crippen molar-refractivity contribution in [3.8, 4) is 0 Å². The number of carbonyl (C=O) groups excluding carboxylic acids is 2. The van der Waals surface area contributed by atoms with E-state index in [4.69, 9.17) is 4.42 Å². The first-order valence-corrected chi connectivity index (χ1v) is 6.04. The largest absolute Gasteiger partial charge is 0.469 e. The maximum atomic E-state index is 11.5. The highest BCUT2D eigenvalue weighted by molar-refractivity contribution is 5.81. The molecule has 7 heteroatoms. The van der Waals surface area contributed by atoms with Crippen LogP contribution in [0, 0.1) is 0 Å². The van der Waals surface area contributed by atoms with Gasteiger partial charge in [-0.3, -0.25) is 14.6 Å². The van der Waals surface area contributed by atoms with Crippen LogP contribution in [0.4, 0.5) is 0 Å². The van der Waals surface area contributed by atoms with Crippen LogP contribution in [0.1, 0.15) is 18.4 Å². The zero-order chi connectivity index (χ0) is 14.5. The maximum absolute atomic E-state index is 11.5. The normalized spacial score (nSPS) is 10.4. The summed E-state index contributed by atoms with van der Waals surface area (Å²) < 4.78 is 9.37. The second-order valence-electron chi connectivity index (χ2n) is 4.20. The second-order valence-corrected chi connectivity index (χ2v) is 4.20. The summed E-state index contributed by atoms with van der Waals surface area (Å²) in [5, 5.41) is 2.67. The van der Waals surface area contributed by atoms with Gasteiger partial charge in [0.1, 0.15) is 0 Å². The predicted octanol–water partition coefficient (Wildman–Crippen LogP) is 0.690. The highest BCUT2D eigenvalue weighted by Gasteiger charge is 2.07. The average Bonchev–Trinajstić information content (AvgIpc) is 2.81. The number of rotatable bonds is 5. The molecule has 0 spiro atoms. The van der Waals surface area contributed by atoms with Crippen LogP contribution >= 0.6 is 0 Å². The molecule has 1 amide bonds. The first kappa shape index (κ1) is 13.9. The van der Waals surface area contributed by atoms with Crippen LogP contribution in [0.2, 0.25) is 0 Å². The topological polar surface area (TPSA) is 101 Å². The highest BCUT2D eigenvalue weighted by Crippen LogP contribution is 2.12. The Morgan fingerprint density at radius 1 is 1.35 bits per heavy atom. The minimum absolute atomic E-state index is 0.0497. The van der Waals surface area contributed by atoms with E-state index in [0.29, 0.717) is 17.6 Å². The van der Waals surface area contributed by atoms with Crippen LogP contribution in [0.25, 0.3) is 11.1 Å². The third kappa shape index (κ3) is 3.47. The third-order valence-electron chi connectivity index (χ3n) is 2.76. The molecule has 2 aromatic rings. The summed E-state index contributed by atoms with van der Waals surface area (Å²) in [4.78, 5) is 35.9. The summed E-state index contributed by atoms with van der Waals surface area (Å²) in [6.45, 7) is 0.296. The quantitative estimate of drug-likeness (QED) is 0.783. The Kier molecular flexibility index (Phi) is 4.19. The number of ether oxygens (including phenoxy) is 1. The first-order chi connectivity index (χ1) is 9.58. The van der Waals surface area contributed by atoms with E-state index in [-0.39, 0.29) is 18.7 Å². The molecule has 1 heterocycles. The van der Waals surface area contributed by atoms with E-state index in [1.54, 1.807) is 18.2 Å². The monoisotopic (exact) mass is 278 g/mol. The molecule has 0 bridgehead atoms. The van der Waals surface area contributed by atoms with Gasteiger partial charge in [0.15, 0.2) is 5.58 Å². The van der Waals surface area contributed by atoms with Crippen molar-refractivity contribution >= 4 is 23.0 Å². The lowest BCUT2D eigenvalue weighted by Crippen LogP contribution is -2.23. The highest BCUT2D eigenvalue weighted by atomic mass is 16.5. The van der Waals surface area contributed by atoms with Crippen molar-refractivity contribution in [3.63, 3.8) is 0 Å².